The van der Waals surface area contributed by atoms with Crippen molar-refractivity contribution in [3.05, 3.63) is 11.6 Å². The van der Waals surface area contributed by atoms with E-state index in [0.29, 0.717) is 22.7 Å². The first-order valence-corrected chi connectivity index (χ1v) is 14.7. The molecule has 0 aromatic heterocycles. The molecular formula is C31H52O3. The van der Waals surface area contributed by atoms with Crippen molar-refractivity contribution in [2.24, 2.45) is 46.3 Å². The van der Waals surface area contributed by atoms with Gasteiger partial charge < -0.3 is 14.9 Å². The number of rotatable bonds is 5. The highest BCUT2D eigenvalue weighted by Crippen LogP contribution is 2.67. The van der Waals surface area contributed by atoms with Crippen LogP contribution in [0.3, 0.4) is 0 Å². The fourth-order valence-corrected chi connectivity index (χ4v) is 10.0. The number of allylic oxidation sites excluding steroid dienone is 1. The molecule has 0 bridgehead atoms. The van der Waals surface area contributed by atoms with Gasteiger partial charge in [0.1, 0.15) is 0 Å². The zero-order valence-electron chi connectivity index (χ0n) is 22.7. The Morgan fingerprint density at radius 1 is 1.03 bits per heavy atom. The van der Waals surface area contributed by atoms with Crippen molar-refractivity contribution < 1.29 is 14.9 Å². The molecule has 0 aromatic carbocycles. The van der Waals surface area contributed by atoms with Crippen molar-refractivity contribution in [3.8, 4) is 0 Å². The second-order valence-electron chi connectivity index (χ2n) is 14.4. The van der Waals surface area contributed by atoms with Crippen LogP contribution >= 0.6 is 0 Å². The summed E-state index contributed by atoms with van der Waals surface area (Å²) in [7, 11) is 0. The lowest BCUT2D eigenvalue weighted by Crippen LogP contribution is -2.52. The third-order valence-corrected chi connectivity index (χ3v) is 12.3. The van der Waals surface area contributed by atoms with E-state index in [1.165, 1.54) is 32.1 Å². The van der Waals surface area contributed by atoms with Gasteiger partial charge in [-0.1, -0.05) is 32.4 Å². The maximum atomic E-state index is 11.3. The van der Waals surface area contributed by atoms with Gasteiger partial charge in [-0.15, -0.1) is 0 Å². The number of aliphatic hydroxyl groups is 2. The molecule has 34 heavy (non-hydrogen) atoms. The first kappa shape index (κ1) is 25.3. The van der Waals surface area contributed by atoms with Gasteiger partial charge in [0.2, 0.25) is 0 Å². The molecule has 4 aliphatic carbocycles. The van der Waals surface area contributed by atoms with E-state index in [0.717, 1.165) is 81.8 Å². The molecule has 194 valence electrons. The zero-order chi connectivity index (χ0) is 24.4. The van der Waals surface area contributed by atoms with Crippen LogP contribution in [0, 0.1) is 46.3 Å². The van der Waals surface area contributed by atoms with Crippen LogP contribution in [0.4, 0.5) is 0 Å². The molecule has 0 amide bonds. The van der Waals surface area contributed by atoms with E-state index >= 15 is 0 Å². The fraction of sp³-hybridized carbons (Fsp3) is 0.935. The highest BCUT2D eigenvalue weighted by molar-refractivity contribution is 5.26. The van der Waals surface area contributed by atoms with E-state index in [4.69, 9.17) is 4.74 Å². The molecule has 0 aromatic rings. The molecule has 1 saturated heterocycles. The molecule has 5 aliphatic rings. The molecule has 0 radical (unpaired) electrons. The first-order chi connectivity index (χ1) is 16.0. The lowest BCUT2D eigenvalue weighted by molar-refractivity contribution is -0.0765. The Labute approximate surface area is 209 Å². The summed E-state index contributed by atoms with van der Waals surface area (Å²) in [6, 6.07) is 0. The molecular weight excluding hydrogens is 420 g/mol. The summed E-state index contributed by atoms with van der Waals surface area (Å²) in [6.45, 7) is 13.4. The Morgan fingerprint density at radius 2 is 1.76 bits per heavy atom. The standard InChI is InChI=1S/C31H52O3/c1-21(10-15-31(5,33)22-12-18-34-19-13-22)25-8-9-26-24-7-6-23-20-28(2,32)16-17-29(23,3)27(24)11-14-30(25,26)4/h6,21-22,24-27,32-33H,7-20H2,1-5H3/t21-,24+,25-,26+,27+,28+,29+,30-,31?/m1/s1. The maximum Gasteiger partial charge on any atom is 0.0657 e. The molecule has 3 heteroatoms. The average Bonchev–Trinajstić information content (AvgIpc) is 3.16. The summed E-state index contributed by atoms with van der Waals surface area (Å²) in [6.07, 6.45) is 16.5. The molecule has 3 saturated carbocycles. The lowest BCUT2D eigenvalue weighted by Gasteiger charge is -2.59. The van der Waals surface area contributed by atoms with E-state index in [1.54, 1.807) is 5.57 Å². The Morgan fingerprint density at radius 3 is 2.50 bits per heavy atom. The third-order valence-electron chi connectivity index (χ3n) is 12.3. The second kappa shape index (κ2) is 8.88. The van der Waals surface area contributed by atoms with Gasteiger partial charge in [0.15, 0.2) is 0 Å². The van der Waals surface area contributed by atoms with Crippen LogP contribution in [0.1, 0.15) is 112 Å². The summed E-state index contributed by atoms with van der Waals surface area (Å²) >= 11 is 0. The fourth-order valence-electron chi connectivity index (χ4n) is 10.0. The zero-order valence-corrected chi connectivity index (χ0v) is 22.7. The first-order valence-electron chi connectivity index (χ1n) is 14.7. The number of fused-ring (bicyclic) bond motifs is 5. The maximum absolute atomic E-state index is 11.3. The van der Waals surface area contributed by atoms with Crippen molar-refractivity contribution >= 4 is 0 Å². The van der Waals surface area contributed by atoms with Crippen LogP contribution in [0.15, 0.2) is 11.6 Å². The third kappa shape index (κ3) is 4.24. The molecule has 4 fully saturated rings. The molecule has 9 atom stereocenters. The van der Waals surface area contributed by atoms with E-state index in [-0.39, 0.29) is 0 Å². The number of hydrogen-bond acceptors (Lipinski definition) is 3. The molecule has 2 N–H and O–H groups in total. The lowest BCUT2D eigenvalue weighted by atomic mass is 9.46. The molecule has 5 rings (SSSR count). The predicted octanol–water partition coefficient (Wildman–Crippen LogP) is 6.91. The minimum Gasteiger partial charge on any atom is -0.390 e. The van der Waals surface area contributed by atoms with E-state index in [1.807, 2.05) is 6.92 Å². The van der Waals surface area contributed by atoms with Crippen molar-refractivity contribution in [2.45, 2.75) is 123 Å². The summed E-state index contributed by atoms with van der Waals surface area (Å²) in [5, 5.41) is 22.0. The molecule has 1 unspecified atom stereocenters. The quantitative estimate of drug-likeness (QED) is 0.427. The minimum absolute atomic E-state index is 0.318. The van der Waals surface area contributed by atoms with E-state index in [9.17, 15) is 10.2 Å². The highest BCUT2D eigenvalue weighted by atomic mass is 16.5. The minimum atomic E-state index is -0.546. The van der Waals surface area contributed by atoms with E-state index < -0.39 is 11.2 Å². The summed E-state index contributed by atoms with van der Waals surface area (Å²) in [5.41, 5.74) is 1.31. The monoisotopic (exact) mass is 472 g/mol. The van der Waals surface area contributed by atoms with Crippen LogP contribution in [0.25, 0.3) is 0 Å². The van der Waals surface area contributed by atoms with Crippen LogP contribution in [0.2, 0.25) is 0 Å². The normalized spacial score (nSPS) is 47.7. The van der Waals surface area contributed by atoms with Crippen molar-refractivity contribution in [3.63, 3.8) is 0 Å². The molecule has 1 aliphatic heterocycles. The van der Waals surface area contributed by atoms with E-state index in [2.05, 4.69) is 33.8 Å². The predicted molar refractivity (Wildman–Crippen MR) is 138 cm³/mol. The smallest absolute Gasteiger partial charge is 0.0657 e. The van der Waals surface area contributed by atoms with Gasteiger partial charge in [-0.2, -0.15) is 0 Å². The van der Waals surface area contributed by atoms with Crippen molar-refractivity contribution in [2.75, 3.05) is 13.2 Å². The highest BCUT2D eigenvalue weighted by Gasteiger charge is 2.59. The van der Waals surface area contributed by atoms with Gasteiger partial charge in [0.05, 0.1) is 11.2 Å². The SMILES string of the molecule is C[C@H](CCC(C)(O)C1CCOCC1)[C@H]1CC[C@H]2[C@@H]3CC=C4C[C@@](C)(O)CC[C@]4(C)[C@H]3CC[C@]12C. The second-order valence-corrected chi connectivity index (χ2v) is 14.4. The van der Waals surface area contributed by atoms with Crippen LogP contribution in [-0.4, -0.2) is 34.6 Å². The Bertz CT molecular complexity index is 778. The Kier molecular flexibility index (Phi) is 6.60. The van der Waals surface area contributed by atoms with Gasteiger partial charge in [0, 0.05) is 13.2 Å². The van der Waals surface area contributed by atoms with Gasteiger partial charge in [-0.25, -0.2) is 0 Å². The number of ether oxygens (including phenoxy) is 1. The molecule has 0 spiro atoms. The Balaban J connectivity index is 1.26. The van der Waals surface area contributed by atoms with Gasteiger partial charge >= 0.3 is 0 Å². The van der Waals surface area contributed by atoms with Gasteiger partial charge in [-0.05, 0) is 137 Å². The summed E-state index contributed by atoms with van der Waals surface area (Å²) in [5.74, 6) is 4.38. The number of hydrogen-bond donors (Lipinski definition) is 2. The summed E-state index contributed by atoms with van der Waals surface area (Å²) in [4.78, 5) is 0. The average molecular weight is 473 g/mol. The van der Waals surface area contributed by atoms with Gasteiger partial charge in [0.25, 0.3) is 0 Å². The van der Waals surface area contributed by atoms with Crippen LogP contribution in [0.5, 0.6) is 0 Å². The Hall–Kier alpha value is -0.380. The van der Waals surface area contributed by atoms with Crippen molar-refractivity contribution in [1.82, 2.24) is 0 Å². The molecule has 1 heterocycles. The van der Waals surface area contributed by atoms with Crippen LogP contribution < -0.4 is 0 Å². The van der Waals surface area contributed by atoms with Gasteiger partial charge in [-0.3, -0.25) is 0 Å². The van der Waals surface area contributed by atoms with Crippen LogP contribution in [-0.2, 0) is 4.74 Å². The topological polar surface area (TPSA) is 49.7 Å². The van der Waals surface area contributed by atoms with Crippen molar-refractivity contribution in [1.29, 1.82) is 0 Å². The molecule has 3 nitrogen and oxygen atoms in total. The largest absolute Gasteiger partial charge is 0.390 e. The summed E-state index contributed by atoms with van der Waals surface area (Å²) < 4.78 is 5.54.